The van der Waals surface area contributed by atoms with Crippen LogP contribution in [0.3, 0.4) is 0 Å². The highest BCUT2D eigenvalue weighted by atomic mass is 32.2. The van der Waals surface area contributed by atoms with Crippen LogP contribution in [0.5, 0.6) is 5.75 Å². The topological polar surface area (TPSA) is 62.1 Å². The monoisotopic (exact) mass is 312 g/mol. The summed E-state index contributed by atoms with van der Waals surface area (Å²) in [6, 6.07) is 16.4. The lowest BCUT2D eigenvalue weighted by Crippen LogP contribution is -2.30. The Morgan fingerprint density at radius 3 is 2.64 bits per heavy atom. The number of nitriles is 1. The molecule has 4 nitrogen and oxygen atoms in total. The van der Waals surface area contributed by atoms with Gasteiger partial charge in [0.1, 0.15) is 5.75 Å². The second-order valence-corrected chi connectivity index (χ2v) is 5.50. The number of nitrogens with zero attached hydrogens (tertiary/aromatic N) is 1. The first-order valence-electron chi connectivity index (χ1n) is 6.74. The maximum Gasteiger partial charge on any atom is 0.265 e. The van der Waals surface area contributed by atoms with Gasteiger partial charge in [-0.1, -0.05) is 6.07 Å². The van der Waals surface area contributed by atoms with Gasteiger partial charge in [0.05, 0.1) is 11.6 Å². The van der Waals surface area contributed by atoms with Crippen LogP contribution in [-0.4, -0.2) is 18.3 Å². The van der Waals surface area contributed by atoms with Crippen LogP contribution >= 0.6 is 11.8 Å². The zero-order valence-electron chi connectivity index (χ0n) is 12.4. The van der Waals surface area contributed by atoms with Crippen molar-refractivity contribution in [3.63, 3.8) is 0 Å². The molecule has 0 saturated carbocycles. The van der Waals surface area contributed by atoms with Gasteiger partial charge >= 0.3 is 0 Å². The largest absolute Gasteiger partial charge is 0.481 e. The zero-order chi connectivity index (χ0) is 15.9. The average Bonchev–Trinajstić information content (AvgIpc) is 2.55. The Morgan fingerprint density at radius 1 is 1.27 bits per heavy atom. The number of carbonyl (C=O) groups is 1. The minimum absolute atomic E-state index is 0.260. The van der Waals surface area contributed by atoms with Crippen molar-refractivity contribution in [1.29, 1.82) is 5.26 Å². The lowest BCUT2D eigenvalue weighted by Gasteiger charge is -2.15. The number of hydrogen-bond acceptors (Lipinski definition) is 4. The number of rotatable bonds is 5. The fourth-order valence-electron chi connectivity index (χ4n) is 1.82. The van der Waals surface area contributed by atoms with Gasteiger partial charge in [0, 0.05) is 10.6 Å². The van der Waals surface area contributed by atoms with Gasteiger partial charge in [0.15, 0.2) is 6.10 Å². The van der Waals surface area contributed by atoms with Crippen molar-refractivity contribution in [3.05, 3.63) is 54.1 Å². The second kappa shape index (κ2) is 7.53. The van der Waals surface area contributed by atoms with E-state index in [9.17, 15) is 4.79 Å². The fourth-order valence-corrected chi connectivity index (χ4v) is 2.23. The Balaban J connectivity index is 1.97. The second-order valence-electron chi connectivity index (χ2n) is 4.62. The molecule has 0 aliphatic rings. The standard InChI is InChI=1S/C17H16N2O2S/c1-12(21-15-6-8-16(22-2)9-7-15)17(20)19-14-5-3-4-13(10-14)11-18/h3-10,12H,1-2H3,(H,19,20)/t12-/m1/s1. The van der Waals surface area contributed by atoms with Crippen LogP contribution in [0.1, 0.15) is 12.5 Å². The van der Waals surface area contributed by atoms with Gasteiger partial charge in [-0.25, -0.2) is 0 Å². The van der Waals surface area contributed by atoms with Crippen LogP contribution in [0.25, 0.3) is 0 Å². The van der Waals surface area contributed by atoms with Crippen molar-refractivity contribution < 1.29 is 9.53 Å². The van der Waals surface area contributed by atoms with Gasteiger partial charge < -0.3 is 10.1 Å². The highest BCUT2D eigenvalue weighted by Gasteiger charge is 2.15. The first-order chi connectivity index (χ1) is 10.6. The molecule has 0 aromatic heterocycles. The van der Waals surface area contributed by atoms with E-state index in [0.29, 0.717) is 17.0 Å². The molecule has 2 aromatic carbocycles. The lowest BCUT2D eigenvalue weighted by atomic mass is 10.2. The predicted molar refractivity (Wildman–Crippen MR) is 88.1 cm³/mol. The molecule has 0 fully saturated rings. The molecule has 0 spiro atoms. The van der Waals surface area contributed by atoms with E-state index >= 15 is 0 Å². The van der Waals surface area contributed by atoms with Crippen molar-refractivity contribution >= 4 is 23.4 Å². The third kappa shape index (κ3) is 4.27. The van der Waals surface area contributed by atoms with Crippen LogP contribution in [0.15, 0.2) is 53.4 Å². The number of carbonyl (C=O) groups excluding carboxylic acids is 1. The minimum atomic E-state index is -0.633. The fraction of sp³-hybridized carbons (Fsp3) is 0.176. The van der Waals surface area contributed by atoms with Crippen molar-refractivity contribution in [2.45, 2.75) is 17.9 Å². The minimum Gasteiger partial charge on any atom is -0.481 e. The SMILES string of the molecule is CSc1ccc(O[C@H](C)C(=O)Nc2cccc(C#N)c2)cc1. The molecule has 0 radical (unpaired) electrons. The van der Waals surface area contributed by atoms with E-state index in [1.54, 1.807) is 43.0 Å². The van der Waals surface area contributed by atoms with Gasteiger partial charge in [0.25, 0.3) is 5.91 Å². The van der Waals surface area contributed by atoms with Gasteiger partial charge in [0.2, 0.25) is 0 Å². The molecule has 0 saturated heterocycles. The molecule has 1 atom stereocenters. The van der Waals surface area contributed by atoms with E-state index in [1.807, 2.05) is 36.6 Å². The van der Waals surface area contributed by atoms with Crippen LogP contribution in [0.4, 0.5) is 5.69 Å². The van der Waals surface area contributed by atoms with Crippen LogP contribution < -0.4 is 10.1 Å². The highest BCUT2D eigenvalue weighted by molar-refractivity contribution is 7.98. The normalized spacial score (nSPS) is 11.3. The van der Waals surface area contributed by atoms with Crippen LogP contribution in [0.2, 0.25) is 0 Å². The van der Waals surface area contributed by atoms with E-state index in [0.717, 1.165) is 4.90 Å². The van der Waals surface area contributed by atoms with Crippen molar-refractivity contribution in [1.82, 2.24) is 0 Å². The molecule has 0 aliphatic carbocycles. The maximum atomic E-state index is 12.1. The molecule has 0 unspecified atom stereocenters. The maximum absolute atomic E-state index is 12.1. The molecule has 0 bridgehead atoms. The molecule has 5 heteroatoms. The molecule has 1 amide bonds. The number of hydrogen-bond donors (Lipinski definition) is 1. The van der Waals surface area contributed by atoms with Gasteiger partial charge in [-0.3, -0.25) is 4.79 Å². The van der Waals surface area contributed by atoms with Crippen molar-refractivity contribution in [2.75, 3.05) is 11.6 Å². The summed E-state index contributed by atoms with van der Waals surface area (Å²) in [4.78, 5) is 13.3. The highest BCUT2D eigenvalue weighted by Crippen LogP contribution is 2.20. The van der Waals surface area contributed by atoms with Crippen LogP contribution in [0, 0.1) is 11.3 Å². The smallest absolute Gasteiger partial charge is 0.265 e. The molecule has 22 heavy (non-hydrogen) atoms. The van der Waals surface area contributed by atoms with E-state index in [1.165, 1.54) is 0 Å². The van der Waals surface area contributed by atoms with E-state index in [4.69, 9.17) is 10.00 Å². The van der Waals surface area contributed by atoms with Crippen LogP contribution in [-0.2, 0) is 4.79 Å². The molecule has 112 valence electrons. The number of ether oxygens (including phenoxy) is 1. The Kier molecular flexibility index (Phi) is 5.45. The molecular weight excluding hydrogens is 296 g/mol. The predicted octanol–water partition coefficient (Wildman–Crippen LogP) is 3.69. The Bertz CT molecular complexity index is 693. The molecular formula is C17H16N2O2S. The number of anilines is 1. The third-order valence-electron chi connectivity index (χ3n) is 3.00. The third-order valence-corrected chi connectivity index (χ3v) is 3.74. The first kappa shape index (κ1) is 15.9. The number of nitrogens with one attached hydrogen (secondary N) is 1. The summed E-state index contributed by atoms with van der Waals surface area (Å²) in [5.74, 6) is 0.384. The van der Waals surface area contributed by atoms with E-state index < -0.39 is 6.10 Å². The van der Waals surface area contributed by atoms with E-state index in [-0.39, 0.29) is 5.91 Å². The molecule has 2 aromatic rings. The van der Waals surface area contributed by atoms with Gasteiger partial charge in [-0.15, -0.1) is 11.8 Å². The van der Waals surface area contributed by atoms with Gasteiger partial charge in [-0.2, -0.15) is 5.26 Å². The Hall–Kier alpha value is -2.45. The molecule has 0 heterocycles. The molecule has 1 N–H and O–H groups in total. The van der Waals surface area contributed by atoms with Gasteiger partial charge in [-0.05, 0) is 55.6 Å². The number of thioether (sulfide) groups is 1. The molecule has 2 rings (SSSR count). The first-order valence-corrected chi connectivity index (χ1v) is 7.96. The summed E-state index contributed by atoms with van der Waals surface area (Å²) < 4.78 is 5.62. The number of amides is 1. The van der Waals surface area contributed by atoms with Crippen molar-refractivity contribution in [3.8, 4) is 11.8 Å². The summed E-state index contributed by atoms with van der Waals surface area (Å²) in [6.07, 6.45) is 1.37. The van der Waals surface area contributed by atoms with Crippen molar-refractivity contribution in [2.24, 2.45) is 0 Å². The summed E-state index contributed by atoms with van der Waals surface area (Å²) in [5.41, 5.74) is 1.08. The lowest BCUT2D eigenvalue weighted by molar-refractivity contribution is -0.122. The quantitative estimate of drug-likeness (QED) is 0.855. The summed E-state index contributed by atoms with van der Waals surface area (Å²) in [7, 11) is 0. The Morgan fingerprint density at radius 2 is 2.00 bits per heavy atom. The number of benzene rings is 2. The average molecular weight is 312 g/mol. The summed E-state index contributed by atoms with van der Waals surface area (Å²) in [6.45, 7) is 1.69. The summed E-state index contributed by atoms with van der Waals surface area (Å²) in [5, 5.41) is 11.6. The summed E-state index contributed by atoms with van der Waals surface area (Å²) >= 11 is 1.65. The Labute approximate surface area is 134 Å². The van der Waals surface area contributed by atoms with E-state index in [2.05, 4.69) is 5.32 Å². The molecule has 0 aliphatic heterocycles. The zero-order valence-corrected chi connectivity index (χ0v) is 13.2.